The quantitative estimate of drug-likeness (QED) is 0.606. The summed E-state index contributed by atoms with van der Waals surface area (Å²) in [4.78, 5) is 15.0. The first kappa shape index (κ1) is 8.45. The first-order valence-electron chi connectivity index (χ1n) is 4.04. The fraction of sp³-hybridized carbons (Fsp3) is 0.200. The lowest BCUT2D eigenvalue weighted by Gasteiger charge is -2.04. The van der Waals surface area contributed by atoms with Crippen molar-refractivity contribution in [2.45, 2.75) is 13.3 Å². The van der Waals surface area contributed by atoms with Gasteiger partial charge in [-0.05, 0) is 13.0 Å². The van der Waals surface area contributed by atoms with Gasteiger partial charge in [-0.15, -0.1) is 0 Å². The molecule has 2 rings (SSSR count). The van der Waals surface area contributed by atoms with E-state index in [1.165, 1.54) is 0 Å². The van der Waals surface area contributed by atoms with Crippen LogP contribution in [0, 0.1) is 0 Å². The van der Waals surface area contributed by atoms with Crippen LogP contribution in [0.5, 0.6) is 0 Å². The summed E-state index contributed by atoms with van der Waals surface area (Å²) in [6.07, 6.45) is 0.410. The highest BCUT2D eigenvalue weighted by Crippen LogP contribution is 2.05. The van der Waals surface area contributed by atoms with E-state index in [4.69, 9.17) is 11.6 Å². The molecule has 0 bridgehead atoms. The lowest BCUT2D eigenvalue weighted by molar-refractivity contribution is -0.117. The van der Waals surface area contributed by atoms with Crippen LogP contribution in [-0.4, -0.2) is 5.91 Å². The Morgan fingerprint density at radius 2 is 2.23 bits per heavy atom. The largest absolute Gasteiger partial charge is 0.272 e. The topological polar surface area (TPSA) is 29.4 Å². The minimum Gasteiger partial charge on any atom is -0.272 e. The summed E-state index contributed by atoms with van der Waals surface area (Å²) < 4.78 is 0. The van der Waals surface area contributed by atoms with Crippen molar-refractivity contribution in [2.24, 2.45) is 4.99 Å². The number of halogens is 1. The highest BCUT2D eigenvalue weighted by molar-refractivity contribution is 6.30. The number of carbonyl (C=O) groups is 1. The standard InChI is InChI=1S/C10H8ClNO/c1-6-5-9(13)12-10-7(6)3-2-4-8(10)11/h2-4H,5H2,1H3. The highest BCUT2D eigenvalue weighted by atomic mass is 35.5. The van der Waals surface area contributed by atoms with Crippen LogP contribution in [0.2, 0.25) is 5.02 Å². The van der Waals surface area contributed by atoms with Gasteiger partial charge >= 0.3 is 0 Å². The van der Waals surface area contributed by atoms with E-state index in [9.17, 15) is 4.79 Å². The number of carbonyl (C=O) groups excluding carboxylic acids is 1. The number of benzene rings is 1. The molecular weight excluding hydrogens is 186 g/mol. The second-order valence-electron chi connectivity index (χ2n) is 3.10. The van der Waals surface area contributed by atoms with Crippen molar-refractivity contribution >= 4 is 23.1 Å². The summed E-state index contributed by atoms with van der Waals surface area (Å²) >= 11 is 5.91. The van der Waals surface area contributed by atoms with Gasteiger partial charge in [-0.3, -0.25) is 4.79 Å². The Hall–Kier alpha value is -1.15. The van der Waals surface area contributed by atoms with Gasteiger partial charge in [0.2, 0.25) is 5.91 Å². The van der Waals surface area contributed by atoms with Crippen LogP contribution in [0.15, 0.2) is 23.2 Å². The molecule has 0 radical (unpaired) electrons. The summed E-state index contributed by atoms with van der Waals surface area (Å²) in [5, 5.41) is 2.16. The normalized spacial score (nSPS) is 15.2. The van der Waals surface area contributed by atoms with E-state index >= 15 is 0 Å². The number of hydrogen-bond donors (Lipinski definition) is 0. The molecule has 1 aromatic carbocycles. The Morgan fingerprint density at radius 3 is 3.00 bits per heavy atom. The van der Waals surface area contributed by atoms with Gasteiger partial charge in [0.1, 0.15) is 0 Å². The van der Waals surface area contributed by atoms with Gasteiger partial charge in [0.15, 0.2) is 0 Å². The number of amides is 1. The lowest BCUT2D eigenvalue weighted by atomic mass is 10.1. The Kier molecular flexibility index (Phi) is 1.93. The van der Waals surface area contributed by atoms with E-state index in [-0.39, 0.29) is 5.91 Å². The number of rotatable bonds is 0. The van der Waals surface area contributed by atoms with Crippen LogP contribution >= 0.6 is 11.6 Å². The molecule has 0 unspecified atom stereocenters. The van der Waals surface area contributed by atoms with Gasteiger partial charge in [-0.25, -0.2) is 4.99 Å². The summed E-state index contributed by atoms with van der Waals surface area (Å²) in [5.41, 5.74) is 1.04. The lowest BCUT2D eigenvalue weighted by Crippen LogP contribution is -2.32. The molecule has 1 aromatic rings. The van der Waals surface area contributed by atoms with Crippen molar-refractivity contribution in [1.29, 1.82) is 0 Å². The van der Waals surface area contributed by atoms with Crippen LogP contribution in [0.25, 0.3) is 5.57 Å². The van der Waals surface area contributed by atoms with Gasteiger partial charge in [0, 0.05) is 5.22 Å². The van der Waals surface area contributed by atoms with Crippen molar-refractivity contribution in [1.82, 2.24) is 0 Å². The number of para-hydroxylation sites is 1. The molecule has 0 saturated heterocycles. The molecule has 0 aliphatic carbocycles. The first-order valence-corrected chi connectivity index (χ1v) is 4.42. The first-order chi connectivity index (χ1) is 6.18. The summed E-state index contributed by atoms with van der Waals surface area (Å²) in [6, 6.07) is 5.55. The average molecular weight is 194 g/mol. The molecule has 13 heavy (non-hydrogen) atoms. The molecule has 1 heterocycles. The summed E-state index contributed by atoms with van der Waals surface area (Å²) in [5.74, 6) is -0.113. The summed E-state index contributed by atoms with van der Waals surface area (Å²) in [7, 11) is 0. The van der Waals surface area contributed by atoms with Gasteiger partial charge in [-0.2, -0.15) is 0 Å². The molecule has 1 amide bonds. The maximum Gasteiger partial charge on any atom is 0.250 e. The number of hydrogen-bond acceptors (Lipinski definition) is 1. The van der Waals surface area contributed by atoms with Crippen molar-refractivity contribution in [2.75, 3.05) is 0 Å². The Labute approximate surface area is 80.6 Å². The van der Waals surface area contributed by atoms with Crippen molar-refractivity contribution in [3.05, 3.63) is 33.8 Å². The predicted molar refractivity (Wildman–Crippen MR) is 50.9 cm³/mol. The number of nitrogens with zero attached hydrogens (tertiary/aromatic N) is 1. The Balaban J connectivity index is 2.95. The molecule has 66 valence electrons. The highest BCUT2D eigenvalue weighted by Gasteiger charge is 2.09. The van der Waals surface area contributed by atoms with Crippen LogP contribution in [0.1, 0.15) is 13.3 Å². The Bertz CT molecular complexity index is 490. The molecule has 2 nitrogen and oxygen atoms in total. The second-order valence-corrected chi connectivity index (χ2v) is 3.51. The van der Waals surface area contributed by atoms with Crippen LogP contribution < -0.4 is 10.6 Å². The van der Waals surface area contributed by atoms with Crippen molar-refractivity contribution in [3.8, 4) is 0 Å². The zero-order valence-electron chi connectivity index (χ0n) is 7.17. The van der Waals surface area contributed by atoms with Gasteiger partial charge in [-0.1, -0.05) is 29.3 Å². The third kappa shape index (κ3) is 1.38. The molecule has 1 aliphatic rings. The van der Waals surface area contributed by atoms with Gasteiger partial charge < -0.3 is 0 Å². The maximum atomic E-state index is 11.1. The minimum atomic E-state index is -0.113. The van der Waals surface area contributed by atoms with Gasteiger partial charge in [0.25, 0.3) is 0 Å². The number of fused-ring (bicyclic) bond motifs is 1. The molecule has 3 heteroatoms. The molecule has 0 N–H and O–H groups in total. The SMILES string of the molecule is CC1=c2cccc(Cl)c2=NC(=O)C1. The molecule has 1 aliphatic heterocycles. The molecule has 0 atom stereocenters. The van der Waals surface area contributed by atoms with Crippen LogP contribution in [0.4, 0.5) is 0 Å². The van der Waals surface area contributed by atoms with Crippen LogP contribution in [-0.2, 0) is 4.79 Å². The zero-order valence-corrected chi connectivity index (χ0v) is 7.93. The smallest absolute Gasteiger partial charge is 0.250 e. The fourth-order valence-corrected chi connectivity index (χ4v) is 1.68. The second kappa shape index (κ2) is 2.96. The molecular formula is C10H8ClNO. The van der Waals surface area contributed by atoms with Gasteiger partial charge in [0.05, 0.1) is 16.8 Å². The average Bonchev–Trinajstić information content (AvgIpc) is 2.07. The molecule has 0 saturated carbocycles. The minimum absolute atomic E-state index is 0.113. The Morgan fingerprint density at radius 1 is 1.46 bits per heavy atom. The van der Waals surface area contributed by atoms with E-state index in [0.29, 0.717) is 16.8 Å². The van der Waals surface area contributed by atoms with Crippen LogP contribution in [0.3, 0.4) is 0 Å². The van der Waals surface area contributed by atoms with E-state index in [2.05, 4.69) is 4.99 Å². The zero-order chi connectivity index (χ0) is 9.42. The van der Waals surface area contributed by atoms with E-state index in [1.807, 2.05) is 19.1 Å². The molecule has 0 aromatic heterocycles. The third-order valence-electron chi connectivity index (χ3n) is 2.10. The van der Waals surface area contributed by atoms with E-state index in [0.717, 1.165) is 10.8 Å². The van der Waals surface area contributed by atoms with E-state index in [1.54, 1.807) is 6.07 Å². The summed E-state index contributed by atoms with van der Waals surface area (Å²) in [6.45, 7) is 1.93. The van der Waals surface area contributed by atoms with Crippen molar-refractivity contribution < 1.29 is 4.79 Å². The molecule has 0 fully saturated rings. The monoisotopic (exact) mass is 193 g/mol. The maximum absolute atomic E-state index is 11.1. The third-order valence-corrected chi connectivity index (χ3v) is 2.40. The predicted octanol–water partition coefficient (Wildman–Crippen LogP) is 1.06. The van der Waals surface area contributed by atoms with Crippen molar-refractivity contribution in [3.63, 3.8) is 0 Å². The molecule has 0 spiro atoms. The fourth-order valence-electron chi connectivity index (χ4n) is 1.46. The van der Waals surface area contributed by atoms with E-state index < -0.39 is 0 Å².